The monoisotopic (exact) mass is 333 g/mol. The predicted octanol–water partition coefficient (Wildman–Crippen LogP) is 4.62. The van der Waals surface area contributed by atoms with E-state index in [2.05, 4.69) is 59.4 Å². The number of halogens is 1. The van der Waals surface area contributed by atoms with Gasteiger partial charge in [0, 0.05) is 21.6 Å². The molecule has 0 saturated carbocycles. The zero-order valence-electron chi connectivity index (χ0n) is 12.1. The Morgan fingerprint density at radius 2 is 1.95 bits per heavy atom. The van der Waals surface area contributed by atoms with E-state index in [9.17, 15) is 0 Å². The molecule has 0 spiro atoms. The first-order valence-electron chi connectivity index (χ1n) is 6.76. The van der Waals surface area contributed by atoms with Gasteiger partial charge in [-0.3, -0.25) is 0 Å². The maximum Gasteiger partial charge on any atom is 0.124 e. The maximum absolute atomic E-state index is 6.04. The summed E-state index contributed by atoms with van der Waals surface area (Å²) in [4.78, 5) is 0. The van der Waals surface area contributed by atoms with Crippen LogP contribution in [0, 0.1) is 6.92 Å². The van der Waals surface area contributed by atoms with Gasteiger partial charge in [-0.05, 0) is 38.6 Å². The fourth-order valence-corrected chi connectivity index (χ4v) is 2.45. The summed E-state index contributed by atoms with van der Waals surface area (Å²) in [5, 5.41) is 3.26. The average molecular weight is 334 g/mol. The lowest BCUT2D eigenvalue weighted by Crippen LogP contribution is -2.14. The van der Waals surface area contributed by atoms with Gasteiger partial charge in [0.2, 0.25) is 0 Å². The van der Waals surface area contributed by atoms with Crippen LogP contribution in [0.25, 0.3) is 0 Å². The van der Waals surface area contributed by atoms with E-state index in [1.807, 2.05) is 25.2 Å². The summed E-state index contributed by atoms with van der Waals surface area (Å²) < 4.78 is 7.12. The number of benzene rings is 2. The molecule has 2 nitrogen and oxygen atoms in total. The number of aryl methyl sites for hydroxylation is 1. The Morgan fingerprint density at radius 1 is 1.20 bits per heavy atom. The van der Waals surface area contributed by atoms with Gasteiger partial charge in [-0.25, -0.2) is 0 Å². The largest absolute Gasteiger partial charge is 0.489 e. The van der Waals surface area contributed by atoms with Crippen molar-refractivity contribution in [2.45, 2.75) is 26.5 Å². The number of rotatable bonds is 5. The molecule has 1 unspecified atom stereocenters. The SMILES string of the molecule is CNC(C)c1ccc(C)cc1OCc1ccccc1Br. The topological polar surface area (TPSA) is 21.3 Å². The van der Waals surface area contributed by atoms with Crippen molar-refractivity contribution >= 4 is 15.9 Å². The molecule has 3 heteroatoms. The average Bonchev–Trinajstić information content (AvgIpc) is 2.46. The molecule has 0 aliphatic rings. The third-order valence-corrected chi connectivity index (χ3v) is 4.18. The van der Waals surface area contributed by atoms with Crippen LogP contribution in [0.4, 0.5) is 0 Å². The van der Waals surface area contributed by atoms with Crippen LogP contribution in [0.2, 0.25) is 0 Å². The molecule has 0 radical (unpaired) electrons. The lowest BCUT2D eigenvalue weighted by Gasteiger charge is -2.17. The second-order valence-corrected chi connectivity index (χ2v) is 5.79. The smallest absolute Gasteiger partial charge is 0.124 e. The van der Waals surface area contributed by atoms with Gasteiger partial charge in [0.05, 0.1) is 0 Å². The summed E-state index contributed by atoms with van der Waals surface area (Å²) >= 11 is 3.55. The first-order chi connectivity index (χ1) is 9.61. The Hall–Kier alpha value is -1.32. The van der Waals surface area contributed by atoms with Crippen molar-refractivity contribution in [3.05, 3.63) is 63.6 Å². The number of hydrogen-bond acceptors (Lipinski definition) is 2. The molecule has 0 saturated heterocycles. The molecule has 0 heterocycles. The summed E-state index contributed by atoms with van der Waals surface area (Å²) in [7, 11) is 1.96. The third-order valence-electron chi connectivity index (χ3n) is 3.41. The molecule has 0 aliphatic carbocycles. The van der Waals surface area contributed by atoms with Crippen molar-refractivity contribution in [2.75, 3.05) is 7.05 Å². The Bertz CT molecular complexity index is 583. The Kier molecular flexibility index (Phi) is 5.21. The summed E-state index contributed by atoms with van der Waals surface area (Å²) in [6, 6.07) is 14.8. The molecular formula is C17H20BrNO. The Labute approximate surface area is 129 Å². The fourth-order valence-electron chi connectivity index (χ4n) is 2.05. The van der Waals surface area contributed by atoms with Crippen molar-refractivity contribution in [3.8, 4) is 5.75 Å². The van der Waals surface area contributed by atoms with Gasteiger partial charge >= 0.3 is 0 Å². The minimum Gasteiger partial charge on any atom is -0.489 e. The lowest BCUT2D eigenvalue weighted by molar-refractivity contribution is 0.299. The summed E-state index contributed by atoms with van der Waals surface area (Å²) in [5.74, 6) is 0.947. The highest BCUT2D eigenvalue weighted by molar-refractivity contribution is 9.10. The molecule has 0 aromatic heterocycles. The normalized spacial score (nSPS) is 12.2. The van der Waals surface area contributed by atoms with Crippen molar-refractivity contribution < 1.29 is 4.74 Å². The van der Waals surface area contributed by atoms with Crippen LogP contribution >= 0.6 is 15.9 Å². The van der Waals surface area contributed by atoms with Crippen LogP contribution < -0.4 is 10.1 Å². The molecule has 1 atom stereocenters. The van der Waals surface area contributed by atoms with E-state index in [0.717, 1.165) is 15.8 Å². The minimum absolute atomic E-state index is 0.268. The quantitative estimate of drug-likeness (QED) is 0.862. The van der Waals surface area contributed by atoms with Crippen LogP contribution in [0.15, 0.2) is 46.9 Å². The van der Waals surface area contributed by atoms with Crippen molar-refractivity contribution in [3.63, 3.8) is 0 Å². The van der Waals surface area contributed by atoms with Gasteiger partial charge < -0.3 is 10.1 Å². The molecule has 106 valence electrons. The molecule has 0 amide bonds. The van der Waals surface area contributed by atoms with E-state index in [4.69, 9.17) is 4.74 Å². The van der Waals surface area contributed by atoms with Crippen molar-refractivity contribution in [2.24, 2.45) is 0 Å². The summed E-state index contributed by atoms with van der Waals surface area (Å²) in [6.45, 7) is 4.78. The zero-order chi connectivity index (χ0) is 14.5. The van der Waals surface area contributed by atoms with Crippen LogP contribution in [0.5, 0.6) is 5.75 Å². The predicted molar refractivity (Wildman–Crippen MR) is 87.1 cm³/mol. The molecule has 2 aromatic rings. The van der Waals surface area contributed by atoms with Crippen molar-refractivity contribution in [1.82, 2.24) is 5.32 Å². The molecule has 0 fully saturated rings. The fraction of sp³-hybridized carbons (Fsp3) is 0.294. The van der Waals surface area contributed by atoms with Crippen LogP contribution in [-0.2, 0) is 6.61 Å². The van der Waals surface area contributed by atoms with Crippen LogP contribution in [0.3, 0.4) is 0 Å². The standard InChI is InChI=1S/C17H20BrNO/c1-12-8-9-15(13(2)19-3)17(10-12)20-11-14-6-4-5-7-16(14)18/h4-10,13,19H,11H2,1-3H3. The second-order valence-electron chi connectivity index (χ2n) is 4.93. The highest BCUT2D eigenvalue weighted by atomic mass is 79.9. The summed E-state index contributed by atoms with van der Waals surface area (Å²) in [5.41, 5.74) is 3.54. The van der Waals surface area contributed by atoms with E-state index in [1.165, 1.54) is 11.1 Å². The first-order valence-corrected chi connectivity index (χ1v) is 7.55. The molecular weight excluding hydrogens is 314 g/mol. The Balaban J connectivity index is 2.20. The van der Waals surface area contributed by atoms with Gasteiger partial charge in [-0.1, -0.05) is 46.3 Å². The highest BCUT2D eigenvalue weighted by Crippen LogP contribution is 2.28. The Morgan fingerprint density at radius 3 is 2.65 bits per heavy atom. The van der Waals surface area contributed by atoms with Crippen LogP contribution in [0.1, 0.15) is 29.7 Å². The number of ether oxygens (including phenoxy) is 1. The van der Waals surface area contributed by atoms with E-state index in [0.29, 0.717) is 6.61 Å². The second kappa shape index (κ2) is 6.91. The maximum atomic E-state index is 6.04. The van der Waals surface area contributed by atoms with E-state index < -0.39 is 0 Å². The van der Waals surface area contributed by atoms with Crippen LogP contribution in [-0.4, -0.2) is 7.05 Å². The number of nitrogens with one attached hydrogen (secondary N) is 1. The molecule has 0 aliphatic heterocycles. The van der Waals surface area contributed by atoms with Gasteiger partial charge in [0.25, 0.3) is 0 Å². The van der Waals surface area contributed by atoms with E-state index in [1.54, 1.807) is 0 Å². The first kappa shape index (κ1) is 15.1. The minimum atomic E-state index is 0.268. The zero-order valence-corrected chi connectivity index (χ0v) is 13.7. The summed E-state index contributed by atoms with van der Waals surface area (Å²) in [6.07, 6.45) is 0. The third kappa shape index (κ3) is 3.62. The molecule has 0 bridgehead atoms. The number of hydrogen-bond donors (Lipinski definition) is 1. The van der Waals surface area contributed by atoms with Gasteiger partial charge in [-0.15, -0.1) is 0 Å². The molecule has 2 rings (SSSR count). The molecule has 1 N–H and O–H groups in total. The van der Waals surface area contributed by atoms with Gasteiger partial charge in [0.15, 0.2) is 0 Å². The van der Waals surface area contributed by atoms with E-state index >= 15 is 0 Å². The van der Waals surface area contributed by atoms with Gasteiger partial charge in [-0.2, -0.15) is 0 Å². The van der Waals surface area contributed by atoms with Crippen molar-refractivity contribution in [1.29, 1.82) is 0 Å². The molecule has 20 heavy (non-hydrogen) atoms. The van der Waals surface area contributed by atoms with E-state index in [-0.39, 0.29) is 6.04 Å². The molecule has 2 aromatic carbocycles. The lowest BCUT2D eigenvalue weighted by atomic mass is 10.1. The highest BCUT2D eigenvalue weighted by Gasteiger charge is 2.11. The van der Waals surface area contributed by atoms with Gasteiger partial charge in [0.1, 0.15) is 12.4 Å².